The van der Waals surface area contributed by atoms with Crippen molar-refractivity contribution in [3.8, 4) is 11.1 Å². The van der Waals surface area contributed by atoms with Gasteiger partial charge >= 0.3 is 19.5 Å². The van der Waals surface area contributed by atoms with Gasteiger partial charge in [-0.2, -0.15) is 0 Å². The van der Waals surface area contributed by atoms with E-state index in [9.17, 15) is 0 Å². The zero-order valence-electron chi connectivity index (χ0n) is 34.8. The van der Waals surface area contributed by atoms with Crippen LogP contribution in [-0.4, -0.2) is 0 Å². The van der Waals surface area contributed by atoms with Gasteiger partial charge in [0.2, 0.25) is 0 Å². The van der Waals surface area contributed by atoms with Crippen LogP contribution in [0.3, 0.4) is 0 Å². The fourth-order valence-electron chi connectivity index (χ4n) is 8.58. The first-order valence-electron chi connectivity index (χ1n) is 21.2. The van der Waals surface area contributed by atoms with Crippen molar-refractivity contribution >= 4 is 69.2 Å². The summed E-state index contributed by atoms with van der Waals surface area (Å²) in [6.45, 7) is 0. The fraction of sp³-hybridized carbons (Fsp3) is 0.0345. The van der Waals surface area contributed by atoms with Crippen LogP contribution in [0.2, 0.25) is 0 Å². The number of fused-ring (bicyclic) bond motifs is 2. The van der Waals surface area contributed by atoms with E-state index in [1.54, 1.807) is 0 Å². The van der Waals surface area contributed by atoms with Crippen molar-refractivity contribution in [1.82, 2.24) is 0 Å². The summed E-state index contributed by atoms with van der Waals surface area (Å²) in [6.07, 6.45) is 0. The molecule has 10 rings (SSSR count). The molecule has 0 radical (unpaired) electrons. The molecule has 10 aromatic rings. The summed E-state index contributed by atoms with van der Waals surface area (Å²) < 4.78 is 0. The zero-order chi connectivity index (χ0) is 42.1. The van der Waals surface area contributed by atoms with Crippen molar-refractivity contribution in [3.63, 3.8) is 0 Å². The van der Waals surface area contributed by atoms with Crippen LogP contribution in [-0.2, 0) is 19.5 Å². The molecule has 0 aliphatic carbocycles. The molecule has 2 atom stereocenters. The van der Waals surface area contributed by atoms with E-state index in [-0.39, 0.29) is 19.5 Å². The number of nitrogens with one attached hydrogen (secondary N) is 2. The van der Waals surface area contributed by atoms with Crippen LogP contribution < -0.4 is 31.8 Å². The van der Waals surface area contributed by atoms with Crippen LogP contribution in [0.1, 0.15) is 23.2 Å². The maximum absolute atomic E-state index is 8.07. The minimum Gasteiger partial charge on any atom is -0.0620 e. The molecule has 10 aromatic carbocycles. The summed E-state index contributed by atoms with van der Waals surface area (Å²) >= 11 is 0. The van der Waals surface area contributed by atoms with Crippen molar-refractivity contribution in [2.45, 2.75) is 12.1 Å². The average Bonchev–Trinajstić information content (AvgIpc) is 3.36. The Morgan fingerprint density at radius 3 is 0.825 bits per heavy atom. The van der Waals surface area contributed by atoms with Gasteiger partial charge in [0.1, 0.15) is 31.8 Å². The van der Waals surface area contributed by atoms with Crippen molar-refractivity contribution < 1.29 is 19.5 Å². The summed E-state index contributed by atoms with van der Waals surface area (Å²) in [5, 5.41) is 13.6. The van der Waals surface area contributed by atoms with Gasteiger partial charge in [-0.1, -0.05) is 205 Å². The third kappa shape index (κ3) is 9.71. The van der Waals surface area contributed by atoms with E-state index in [2.05, 4.69) is 194 Å². The largest absolute Gasteiger partial charge is 0.111 e. The Labute approximate surface area is 386 Å². The molecule has 308 valence electrons. The first-order chi connectivity index (χ1) is 30.7. The van der Waals surface area contributed by atoms with Gasteiger partial charge in [0, 0.05) is 11.1 Å². The molecule has 0 amide bonds. The molecule has 0 heterocycles. The third-order valence-corrected chi connectivity index (χ3v) is 17.1. The molecule has 0 saturated carbocycles. The van der Waals surface area contributed by atoms with Gasteiger partial charge in [0.25, 0.3) is 0 Å². The van der Waals surface area contributed by atoms with Gasteiger partial charge in [-0.05, 0) is 82.2 Å². The quantitative estimate of drug-likeness (QED) is 0.0969. The second-order valence-electron chi connectivity index (χ2n) is 15.4. The zero-order valence-corrected chi connectivity index (χ0v) is 38.8. The maximum Gasteiger partial charge on any atom is 0.111 e. The SMILES string of the molecule is [NH-][C@H](c1ccccc1)[C@H]([NH-])c1ccccc1.[RuH2+2].c1ccc([PH+](c2ccccc2)c2ccc3ccccc3c2-c2c([PH+](c3ccccc3)c3ccccc3)ccc3ccccc23)cc1. The molecule has 2 nitrogen and oxygen atoms in total. The number of benzene rings is 10. The van der Waals surface area contributed by atoms with E-state index in [0.29, 0.717) is 0 Å². The molecule has 0 unspecified atom stereocenters. The van der Waals surface area contributed by atoms with E-state index >= 15 is 0 Å². The molecule has 0 aliphatic heterocycles. The van der Waals surface area contributed by atoms with Gasteiger partial charge in [-0.25, -0.2) is 0 Å². The van der Waals surface area contributed by atoms with Crippen LogP contribution in [0.25, 0.3) is 44.1 Å². The minimum atomic E-state index is -1.37. The Kier molecular flexibility index (Phi) is 14.6. The van der Waals surface area contributed by atoms with Crippen molar-refractivity contribution in [2.75, 3.05) is 0 Å². The van der Waals surface area contributed by atoms with Crippen LogP contribution in [0, 0.1) is 0 Å². The monoisotopic (exact) mass is 938 g/mol. The van der Waals surface area contributed by atoms with E-state index < -0.39 is 27.9 Å². The van der Waals surface area contributed by atoms with Crippen molar-refractivity contribution in [2.24, 2.45) is 0 Å². The third-order valence-electron chi connectivity index (χ3n) is 11.5. The van der Waals surface area contributed by atoms with Crippen molar-refractivity contribution in [3.05, 3.63) is 277 Å². The van der Waals surface area contributed by atoms with E-state index in [1.165, 1.54) is 64.5 Å². The summed E-state index contributed by atoms with van der Waals surface area (Å²) in [4.78, 5) is 0. The Morgan fingerprint density at radius 2 is 0.524 bits per heavy atom. The van der Waals surface area contributed by atoms with Gasteiger partial charge in [-0.3, -0.25) is 0 Å². The molecule has 0 aromatic heterocycles. The van der Waals surface area contributed by atoms with Crippen LogP contribution >= 0.6 is 15.8 Å². The maximum atomic E-state index is 8.07. The average molecular weight is 938 g/mol. The molecular weight excluding hydrogens is 888 g/mol. The van der Waals surface area contributed by atoms with Gasteiger partial charge in [0.15, 0.2) is 0 Å². The first kappa shape index (κ1) is 43.8. The molecule has 63 heavy (non-hydrogen) atoms. The first-order valence-corrected chi connectivity index (χ1v) is 24.2. The smallest absolute Gasteiger partial charge is 0.0620 e. The second-order valence-corrected chi connectivity index (χ2v) is 20.3. The van der Waals surface area contributed by atoms with Crippen LogP contribution in [0.15, 0.2) is 255 Å². The van der Waals surface area contributed by atoms with Gasteiger partial charge in [0.05, 0.1) is 15.8 Å². The topological polar surface area (TPSA) is 47.6 Å². The normalized spacial score (nSPS) is 12.0. The molecule has 0 fully saturated rings. The molecular formula is C58H50N2P2Ru+2. The van der Waals surface area contributed by atoms with Crippen LogP contribution in [0.5, 0.6) is 0 Å². The number of rotatable bonds is 10. The van der Waals surface area contributed by atoms with Crippen LogP contribution in [0.4, 0.5) is 0 Å². The molecule has 0 aliphatic rings. The molecule has 0 spiro atoms. The van der Waals surface area contributed by atoms with Gasteiger partial charge < -0.3 is 11.5 Å². The second kappa shape index (κ2) is 21.0. The standard InChI is InChI=1S/C44H32P2.C14H14N2.Ru.2H/c1-5-19-35(20-6-1)45(36-21-7-2-8-22-36)41-31-29-33-17-13-15-27-39(33)43(41)44-40-28-16-14-18-34(40)30-32-42(44)46(37-23-9-3-10-24-37)38-25-11-4-12-26-38;15-13(11-7-3-1-4-8-11)14(16)12-9-5-2-6-10-12;;;/h1-32H;1-10,13-16H;;;/q;-2;+2;;/p+2/t;13-,14-;;;/m.1.../s1. The predicted octanol–water partition coefficient (Wildman–Crippen LogP) is 12.7. The minimum absolute atomic E-state index is 0. The summed E-state index contributed by atoms with van der Waals surface area (Å²) in [7, 11) is -2.74. The number of hydrogen-bond acceptors (Lipinski definition) is 0. The Balaban J connectivity index is 0.000000271. The Morgan fingerprint density at radius 1 is 0.270 bits per heavy atom. The molecule has 2 N–H and O–H groups in total. The summed E-state index contributed by atoms with van der Waals surface area (Å²) in [5.74, 6) is 0. The Bertz CT molecular complexity index is 2700. The van der Waals surface area contributed by atoms with E-state index in [4.69, 9.17) is 11.5 Å². The van der Waals surface area contributed by atoms with E-state index in [1.807, 2.05) is 60.7 Å². The van der Waals surface area contributed by atoms with Gasteiger partial charge in [-0.15, -0.1) is 12.1 Å². The number of hydrogen-bond donors (Lipinski definition) is 0. The van der Waals surface area contributed by atoms with E-state index in [0.717, 1.165) is 11.1 Å². The summed E-state index contributed by atoms with van der Waals surface area (Å²) in [5.41, 5.74) is 20.7. The van der Waals surface area contributed by atoms with Crippen molar-refractivity contribution in [1.29, 1.82) is 0 Å². The predicted molar refractivity (Wildman–Crippen MR) is 277 cm³/mol. The molecule has 5 heteroatoms. The molecule has 0 bridgehead atoms. The molecule has 0 saturated heterocycles. The summed E-state index contributed by atoms with van der Waals surface area (Å²) in [6, 6.07) is 90.3. The Hall–Kier alpha value is -5.88. The fourth-order valence-corrected chi connectivity index (χ4v) is 14.1.